The van der Waals surface area contributed by atoms with Crippen molar-refractivity contribution < 1.29 is 14.7 Å². The fourth-order valence-electron chi connectivity index (χ4n) is 4.61. The van der Waals surface area contributed by atoms with Crippen LogP contribution in [0.25, 0.3) is 11.1 Å². The minimum absolute atomic E-state index is 0.0928. The van der Waals surface area contributed by atoms with Gasteiger partial charge in [-0.2, -0.15) is 0 Å². The maximum absolute atomic E-state index is 13.2. The van der Waals surface area contributed by atoms with Crippen molar-refractivity contribution in [2.45, 2.75) is 25.8 Å². The van der Waals surface area contributed by atoms with E-state index in [2.05, 4.69) is 5.32 Å². The van der Waals surface area contributed by atoms with E-state index in [1.165, 1.54) is 5.56 Å². The molecule has 7 heteroatoms. The Morgan fingerprint density at radius 1 is 0.865 bits per heavy atom. The van der Waals surface area contributed by atoms with Crippen molar-refractivity contribution in [2.24, 2.45) is 0 Å². The summed E-state index contributed by atoms with van der Waals surface area (Å²) < 4.78 is 1.65. The quantitative estimate of drug-likeness (QED) is 0.371. The molecule has 0 aliphatic carbocycles. The lowest BCUT2D eigenvalue weighted by Crippen LogP contribution is -2.33. The third-order valence-electron chi connectivity index (χ3n) is 6.60. The van der Waals surface area contributed by atoms with Gasteiger partial charge in [0.2, 0.25) is 0 Å². The number of pyridine rings is 1. The van der Waals surface area contributed by atoms with E-state index in [0.717, 1.165) is 28.8 Å². The summed E-state index contributed by atoms with van der Waals surface area (Å²) in [5.41, 5.74) is 5.92. The number of carbonyl (C=O) groups is 2. The average Bonchev–Trinajstić information content (AvgIpc) is 3.34. The number of urea groups is 1. The number of carboxylic acid groups (broad SMARTS) is 1. The molecule has 0 saturated carbocycles. The molecule has 1 aliphatic rings. The lowest BCUT2D eigenvalue weighted by atomic mass is 10.1. The van der Waals surface area contributed by atoms with Crippen molar-refractivity contribution in [2.75, 3.05) is 16.8 Å². The number of hydrogen-bond acceptors (Lipinski definition) is 3. The normalized spacial score (nSPS) is 12.3. The van der Waals surface area contributed by atoms with Gasteiger partial charge in [-0.1, -0.05) is 54.6 Å². The van der Waals surface area contributed by atoms with Gasteiger partial charge in [0.05, 0.1) is 6.54 Å². The molecule has 0 unspecified atom stereocenters. The Labute approximate surface area is 214 Å². The second-order valence-electron chi connectivity index (χ2n) is 9.10. The van der Waals surface area contributed by atoms with E-state index in [9.17, 15) is 14.4 Å². The van der Waals surface area contributed by atoms with Crippen LogP contribution in [0, 0.1) is 0 Å². The Morgan fingerprint density at radius 2 is 1.59 bits per heavy atom. The summed E-state index contributed by atoms with van der Waals surface area (Å²) in [6.45, 7) is 1.06. The number of nitrogens with zero attached hydrogens (tertiary/aromatic N) is 2. The first kappa shape index (κ1) is 24.1. The molecular weight excluding hydrogens is 466 g/mol. The molecule has 4 aromatic rings. The topological polar surface area (TPSA) is 91.6 Å². The predicted octanol–water partition coefficient (Wildman–Crippen LogP) is 5.18. The highest BCUT2D eigenvalue weighted by atomic mass is 16.4. The highest BCUT2D eigenvalue weighted by molar-refractivity contribution is 6.03. The van der Waals surface area contributed by atoms with Crippen LogP contribution in [-0.2, 0) is 24.2 Å². The fourth-order valence-corrected chi connectivity index (χ4v) is 4.61. The highest BCUT2D eigenvalue weighted by Crippen LogP contribution is 2.28. The summed E-state index contributed by atoms with van der Waals surface area (Å²) >= 11 is 0. The molecule has 0 saturated heterocycles. The Bertz CT molecular complexity index is 1490. The number of aromatic nitrogens is 1. The Morgan fingerprint density at radius 3 is 2.35 bits per heavy atom. The molecule has 0 atom stereocenters. The second-order valence-corrected chi connectivity index (χ2v) is 9.10. The van der Waals surface area contributed by atoms with Crippen LogP contribution in [-0.4, -0.2) is 28.2 Å². The second kappa shape index (κ2) is 10.5. The molecule has 37 heavy (non-hydrogen) atoms. The summed E-state index contributed by atoms with van der Waals surface area (Å²) in [7, 11) is 0. The summed E-state index contributed by atoms with van der Waals surface area (Å²) in [5.74, 6) is -0.819. The van der Waals surface area contributed by atoms with Crippen molar-refractivity contribution in [1.82, 2.24) is 4.57 Å². The molecule has 7 nitrogen and oxygen atoms in total. The summed E-state index contributed by atoms with van der Waals surface area (Å²) in [5, 5.41) is 11.8. The average molecular weight is 494 g/mol. The van der Waals surface area contributed by atoms with E-state index in [0.29, 0.717) is 30.8 Å². The number of aryl methyl sites for hydroxylation is 1. The molecule has 0 radical (unpaired) electrons. The lowest BCUT2D eigenvalue weighted by molar-refractivity contribution is -0.136. The van der Waals surface area contributed by atoms with Crippen molar-refractivity contribution in [3.8, 4) is 11.1 Å². The smallest absolute Gasteiger partial charge is 0.326 e. The Kier molecular flexibility index (Phi) is 6.85. The molecule has 0 fully saturated rings. The maximum Gasteiger partial charge on any atom is 0.326 e. The monoisotopic (exact) mass is 493 g/mol. The Balaban J connectivity index is 1.27. The zero-order valence-corrected chi connectivity index (χ0v) is 20.3. The van der Waals surface area contributed by atoms with Gasteiger partial charge in [0.1, 0.15) is 0 Å². The van der Waals surface area contributed by atoms with Crippen molar-refractivity contribution in [3.63, 3.8) is 0 Å². The number of carboxylic acids is 1. The van der Waals surface area contributed by atoms with Crippen LogP contribution < -0.4 is 15.8 Å². The molecule has 0 spiro atoms. The van der Waals surface area contributed by atoms with Gasteiger partial charge in [-0.25, -0.2) is 4.79 Å². The first-order valence-corrected chi connectivity index (χ1v) is 12.2. The molecule has 0 bridgehead atoms. The van der Waals surface area contributed by atoms with Crippen LogP contribution in [0.3, 0.4) is 0 Å². The van der Waals surface area contributed by atoms with Gasteiger partial charge < -0.3 is 15.0 Å². The van der Waals surface area contributed by atoms with E-state index in [1.54, 1.807) is 21.7 Å². The molecule has 1 aromatic heterocycles. The van der Waals surface area contributed by atoms with Crippen LogP contribution in [0.15, 0.2) is 95.9 Å². The first-order chi connectivity index (χ1) is 18.0. The molecule has 3 aromatic carbocycles. The number of nitrogens with one attached hydrogen (secondary N) is 1. The van der Waals surface area contributed by atoms with Crippen LogP contribution >= 0.6 is 0 Å². The summed E-state index contributed by atoms with van der Waals surface area (Å²) in [6, 6.07) is 26.3. The molecule has 186 valence electrons. The van der Waals surface area contributed by atoms with Crippen molar-refractivity contribution in [1.29, 1.82) is 0 Å². The number of carbonyl (C=O) groups excluding carboxylic acids is 1. The largest absolute Gasteiger partial charge is 0.481 e. The number of para-hydroxylation sites is 1. The molecule has 2 amide bonds. The predicted molar refractivity (Wildman–Crippen MR) is 144 cm³/mol. The highest BCUT2D eigenvalue weighted by Gasteiger charge is 2.24. The zero-order valence-electron chi connectivity index (χ0n) is 20.3. The molecule has 1 aliphatic heterocycles. The molecule has 2 N–H and O–H groups in total. The van der Waals surface area contributed by atoms with E-state index in [4.69, 9.17) is 5.11 Å². The number of amides is 2. The number of hydrogen-bond donors (Lipinski definition) is 2. The van der Waals surface area contributed by atoms with Crippen molar-refractivity contribution >= 4 is 23.4 Å². The van der Waals surface area contributed by atoms with Crippen LogP contribution in [0.2, 0.25) is 0 Å². The van der Waals surface area contributed by atoms with Gasteiger partial charge in [0.25, 0.3) is 5.56 Å². The SMILES string of the molecule is O=C(O)CCc1ccc(Cn2cccc(-c3ccc(NC(=O)N4CCc5ccccc54)cc3)c2=O)cc1. The minimum atomic E-state index is -0.819. The number of rotatable bonds is 7. The van der Waals surface area contributed by atoms with E-state index in [-0.39, 0.29) is 18.0 Å². The number of benzene rings is 3. The van der Waals surface area contributed by atoms with Gasteiger partial charge in [0, 0.05) is 36.1 Å². The molecule has 5 rings (SSSR count). The van der Waals surface area contributed by atoms with E-state index >= 15 is 0 Å². The van der Waals surface area contributed by atoms with Gasteiger partial charge in [-0.3, -0.25) is 14.5 Å². The van der Waals surface area contributed by atoms with Crippen LogP contribution in [0.5, 0.6) is 0 Å². The fraction of sp³-hybridized carbons (Fsp3) is 0.167. The summed E-state index contributed by atoms with van der Waals surface area (Å²) in [4.78, 5) is 38.5. The van der Waals surface area contributed by atoms with E-state index < -0.39 is 5.97 Å². The summed E-state index contributed by atoms with van der Waals surface area (Å²) in [6.07, 6.45) is 3.17. The van der Waals surface area contributed by atoms with Gasteiger partial charge in [-0.05, 0) is 65.4 Å². The third kappa shape index (κ3) is 5.46. The standard InChI is InChI=1S/C30H27N3O4/c34-28(35)16-11-21-7-9-22(10-8-21)20-32-18-3-5-26(29(32)36)23-12-14-25(15-13-23)31-30(37)33-19-17-24-4-1-2-6-27(24)33/h1-10,12-15,18H,11,16-17,19-20H2,(H,31,37)(H,34,35). The maximum atomic E-state index is 13.2. The number of fused-ring (bicyclic) bond motifs is 1. The van der Waals surface area contributed by atoms with Gasteiger partial charge >= 0.3 is 12.0 Å². The molecule has 2 heterocycles. The molecular formula is C30H27N3O4. The first-order valence-electron chi connectivity index (χ1n) is 12.2. The van der Waals surface area contributed by atoms with Gasteiger partial charge in [0.15, 0.2) is 0 Å². The van der Waals surface area contributed by atoms with E-state index in [1.807, 2.05) is 78.9 Å². The van der Waals surface area contributed by atoms with Crippen LogP contribution in [0.4, 0.5) is 16.2 Å². The van der Waals surface area contributed by atoms with Crippen molar-refractivity contribution in [3.05, 3.63) is 118 Å². The number of anilines is 2. The zero-order chi connectivity index (χ0) is 25.8. The third-order valence-corrected chi connectivity index (χ3v) is 6.60. The Hall–Kier alpha value is -4.65. The lowest BCUT2D eigenvalue weighted by Gasteiger charge is -2.18. The van der Waals surface area contributed by atoms with Gasteiger partial charge in [-0.15, -0.1) is 0 Å². The number of aliphatic carboxylic acids is 1. The minimum Gasteiger partial charge on any atom is -0.481 e. The van der Waals surface area contributed by atoms with Crippen LogP contribution in [0.1, 0.15) is 23.1 Å².